The normalized spacial score (nSPS) is 11.4. The first-order valence-corrected chi connectivity index (χ1v) is 7.91. The number of likely N-dealkylation sites (N-methyl/N-ethyl adjacent to an activating group) is 1. The number of pyridine rings is 1. The first kappa shape index (κ1) is 17.1. The van der Waals surface area contributed by atoms with E-state index in [1.165, 1.54) is 12.1 Å². The van der Waals surface area contributed by atoms with Gasteiger partial charge in [-0.1, -0.05) is 6.92 Å². The molecule has 114 valence electrons. The zero-order valence-electron chi connectivity index (χ0n) is 12.2. The monoisotopic (exact) mass is 310 g/mol. The van der Waals surface area contributed by atoms with E-state index in [2.05, 4.69) is 10.3 Å². The molecule has 0 aliphatic rings. The molecule has 0 spiro atoms. The fourth-order valence-corrected chi connectivity index (χ4v) is 2.99. The molecule has 1 rings (SSSR count). The van der Waals surface area contributed by atoms with Crippen LogP contribution in [-0.2, 0) is 14.8 Å². The fourth-order valence-electron chi connectivity index (χ4n) is 1.64. The van der Waals surface area contributed by atoms with Crippen molar-refractivity contribution >= 4 is 15.9 Å². The van der Waals surface area contributed by atoms with Crippen molar-refractivity contribution in [2.45, 2.75) is 31.7 Å². The third-order valence-electron chi connectivity index (χ3n) is 2.61. The Morgan fingerprint density at radius 2 is 2.14 bits per heavy atom. The van der Waals surface area contributed by atoms with Gasteiger partial charge < -0.3 is 5.32 Å². The third-order valence-corrected chi connectivity index (χ3v) is 4.52. The van der Waals surface area contributed by atoms with Crippen molar-refractivity contribution in [3.05, 3.63) is 24.0 Å². The molecule has 1 aromatic heterocycles. The average molecular weight is 310 g/mol. The Labute approximate surface area is 124 Å². The van der Waals surface area contributed by atoms with Gasteiger partial charge in [0.15, 0.2) is 0 Å². The number of sulfonamides is 1. The molecule has 0 bridgehead atoms. The number of nitriles is 1. The van der Waals surface area contributed by atoms with Gasteiger partial charge in [0.05, 0.1) is 6.54 Å². The quantitative estimate of drug-likeness (QED) is 0.823. The highest BCUT2D eigenvalue weighted by atomic mass is 32.2. The lowest BCUT2D eigenvalue weighted by Crippen LogP contribution is -2.42. The summed E-state index contributed by atoms with van der Waals surface area (Å²) in [5.41, 5.74) is 0.134. The van der Waals surface area contributed by atoms with Crippen molar-refractivity contribution in [1.82, 2.24) is 14.6 Å². The summed E-state index contributed by atoms with van der Waals surface area (Å²) >= 11 is 0. The first-order chi connectivity index (χ1) is 9.81. The summed E-state index contributed by atoms with van der Waals surface area (Å²) in [6.45, 7) is 5.16. The molecular formula is C13H18N4O3S. The van der Waals surface area contributed by atoms with Gasteiger partial charge in [-0.3, -0.25) is 4.79 Å². The maximum absolute atomic E-state index is 12.4. The van der Waals surface area contributed by atoms with Crippen molar-refractivity contribution in [1.29, 1.82) is 5.26 Å². The molecule has 21 heavy (non-hydrogen) atoms. The lowest BCUT2D eigenvalue weighted by atomic mass is 10.4. The first-order valence-electron chi connectivity index (χ1n) is 6.47. The number of aromatic nitrogens is 1. The molecule has 7 nitrogen and oxygen atoms in total. The minimum Gasteiger partial charge on any atom is -0.353 e. The average Bonchev–Trinajstić information content (AvgIpc) is 2.43. The number of carbonyl (C=O) groups is 1. The molecule has 0 saturated carbocycles. The van der Waals surface area contributed by atoms with Crippen LogP contribution < -0.4 is 5.32 Å². The topological polar surface area (TPSA) is 103 Å². The summed E-state index contributed by atoms with van der Waals surface area (Å²) in [5, 5.41) is 11.3. The molecule has 0 aliphatic heterocycles. The molecule has 0 aromatic carbocycles. The summed E-state index contributed by atoms with van der Waals surface area (Å²) in [4.78, 5) is 15.4. The second kappa shape index (κ2) is 7.15. The van der Waals surface area contributed by atoms with E-state index in [0.717, 1.165) is 10.5 Å². The van der Waals surface area contributed by atoms with E-state index in [9.17, 15) is 13.2 Å². The van der Waals surface area contributed by atoms with Crippen LogP contribution >= 0.6 is 0 Å². The molecule has 1 amide bonds. The van der Waals surface area contributed by atoms with Gasteiger partial charge in [0, 0.05) is 18.8 Å². The van der Waals surface area contributed by atoms with E-state index in [4.69, 9.17) is 5.26 Å². The lowest BCUT2D eigenvalue weighted by molar-refractivity contribution is -0.121. The van der Waals surface area contributed by atoms with Crippen LogP contribution in [0.15, 0.2) is 23.2 Å². The van der Waals surface area contributed by atoms with Gasteiger partial charge in [0.1, 0.15) is 16.7 Å². The van der Waals surface area contributed by atoms with Crippen LogP contribution in [0.2, 0.25) is 0 Å². The zero-order chi connectivity index (χ0) is 16.0. The van der Waals surface area contributed by atoms with Crippen LogP contribution in [0.1, 0.15) is 26.5 Å². The second-order valence-corrected chi connectivity index (χ2v) is 6.58. The number of hydrogen-bond donors (Lipinski definition) is 1. The fraction of sp³-hybridized carbons (Fsp3) is 0.462. The Morgan fingerprint density at radius 3 is 2.57 bits per heavy atom. The Balaban J connectivity index is 2.96. The number of amides is 1. The van der Waals surface area contributed by atoms with Gasteiger partial charge >= 0.3 is 0 Å². The molecule has 0 saturated heterocycles. The predicted molar refractivity (Wildman–Crippen MR) is 76.7 cm³/mol. The van der Waals surface area contributed by atoms with E-state index in [1.807, 2.05) is 6.07 Å². The third kappa shape index (κ3) is 4.51. The molecule has 0 unspecified atom stereocenters. The molecule has 0 atom stereocenters. The summed E-state index contributed by atoms with van der Waals surface area (Å²) in [6.07, 6.45) is 1.12. The van der Waals surface area contributed by atoms with Crippen LogP contribution in [0.25, 0.3) is 0 Å². The van der Waals surface area contributed by atoms with Gasteiger partial charge in [-0.05, 0) is 26.0 Å². The molecule has 8 heteroatoms. The Kier molecular flexibility index (Phi) is 5.81. The number of nitrogens with one attached hydrogen (secondary N) is 1. The van der Waals surface area contributed by atoms with Gasteiger partial charge in [-0.25, -0.2) is 13.4 Å². The van der Waals surface area contributed by atoms with Gasteiger partial charge in [0.2, 0.25) is 15.9 Å². The maximum Gasteiger partial charge on any atom is 0.245 e. The number of carbonyl (C=O) groups excluding carboxylic acids is 1. The summed E-state index contributed by atoms with van der Waals surface area (Å²) in [5.74, 6) is -0.364. The number of nitrogens with zero attached hydrogens (tertiary/aromatic N) is 3. The van der Waals surface area contributed by atoms with Gasteiger partial charge in [-0.15, -0.1) is 0 Å². The van der Waals surface area contributed by atoms with Gasteiger partial charge in [-0.2, -0.15) is 9.57 Å². The Morgan fingerprint density at radius 1 is 1.48 bits per heavy atom. The molecule has 0 radical (unpaired) electrons. The van der Waals surface area contributed by atoms with Crippen molar-refractivity contribution in [3.8, 4) is 6.07 Å². The molecule has 1 N–H and O–H groups in total. The SMILES string of the molecule is CCN(CC(=O)NC(C)C)S(=O)(=O)c1ccc(C#N)nc1. The highest BCUT2D eigenvalue weighted by molar-refractivity contribution is 7.89. The number of rotatable bonds is 6. The van der Waals surface area contributed by atoms with E-state index in [1.54, 1.807) is 20.8 Å². The van der Waals surface area contributed by atoms with Crippen LogP contribution in [0.3, 0.4) is 0 Å². The van der Waals surface area contributed by atoms with E-state index in [0.29, 0.717) is 0 Å². The van der Waals surface area contributed by atoms with E-state index < -0.39 is 10.0 Å². The molecule has 0 aliphatic carbocycles. The molecule has 0 fully saturated rings. The smallest absolute Gasteiger partial charge is 0.245 e. The van der Waals surface area contributed by atoms with Crippen molar-refractivity contribution in [3.63, 3.8) is 0 Å². The molecular weight excluding hydrogens is 292 g/mol. The Hall–Kier alpha value is -1.98. The molecule has 1 heterocycles. The van der Waals surface area contributed by atoms with Crippen LogP contribution in [0, 0.1) is 11.3 Å². The maximum atomic E-state index is 12.4. The van der Waals surface area contributed by atoms with Gasteiger partial charge in [0.25, 0.3) is 0 Å². The minimum atomic E-state index is -3.81. The lowest BCUT2D eigenvalue weighted by Gasteiger charge is -2.20. The number of hydrogen-bond acceptors (Lipinski definition) is 5. The van der Waals surface area contributed by atoms with Crippen LogP contribution in [0.5, 0.6) is 0 Å². The standard InChI is InChI=1S/C13H18N4O3S/c1-4-17(9-13(18)16-10(2)3)21(19,20)12-6-5-11(7-14)15-8-12/h5-6,8,10H,4,9H2,1-3H3,(H,16,18). The summed E-state index contributed by atoms with van der Waals surface area (Å²) in [7, 11) is -3.81. The van der Waals surface area contributed by atoms with Crippen LogP contribution in [0.4, 0.5) is 0 Å². The second-order valence-electron chi connectivity index (χ2n) is 4.64. The highest BCUT2D eigenvalue weighted by Crippen LogP contribution is 2.14. The predicted octanol–water partition coefficient (Wildman–Crippen LogP) is 0.488. The van der Waals surface area contributed by atoms with Crippen molar-refractivity contribution < 1.29 is 13.2 Å². The summed E-state index contributed by atoms with van der Waals surface area (Å²) < 4.78 is 25.9. The van der Waals surface area contributed by atoms with E-state index >= 15 is 0 Å². The summed E-state index contributed by atoms with van der Waals surface area (Å²) in [6, 6.07) is 4.40. The van der Waals surface area contributed by atoms with E-state index in [-0.39, 0.29) is 35.6 Å². The minimum absolute atomic E-state index is 0.0410. The molecule has 1 aromatic rings. The van der Waals surface area contributed by atoms with Crippen LogP contribution in [-0.4, -0.2) is 42.7 Å². The van der Waals surface area contributed by atoms with Crippen molar-refractivity contribution in [2.75, 3.05) is 13.1 Å². The Bertz CT molecular complexity index is 632. The van der Waals surface area contributed by atoms with Crippen molar-refractivity contribution in [2.24, 2.45) is 0 Å². The zero-order valence-corrected chi connectivity index (χ0v) is 13.0. The largest absolute Gasteiger partial charge is 0.353 e. The highest BCUT2D eigenvalue weighted by Gasteiger charge is 2.25.